The lowest BCUT2D eigenvalue weighted by Gasteiger charge is -2.27. The normalized spacial score (nSPS) is 20.5. The van der Waals surface area contributed by atoms with Gasteiger partial charge in [0.05, 0.1) is 0 Å². The number of benzene rings is 1. The van der Waals surface area contributed by atoms with Crippen molar-refractivity contribution in [1.29, 1.82) is 0 Å². The quantitative estimate of drug-likeness (QED) is 0.824. The van der Waals surface area contributed by atoms with E-state index >= 15 is 0 Å². The number of thioether (sulfide) groups is 1. The fourth-order valence-corrected chi connectivity index (χ4v) is 4.32. The maximum absolute atomic E-state index is 6.34. The Morgan fingerprint density at radius 3 is 2.90 bits per heavy atom. The molecular weight excluding hydrogens is 288 g/mol. The van der Waals surface area contributed by atoms with Gasteiger partial charge < -0.3 is 10.2 Å². The van der Waals surface area contributed by atoms with Gasteiger partial charge in [0.15, 0.2) is 0 Å². The van der Waals surface area contributed by atoms with Gasteiger partial charge in [-0.05, 0) is 50.4 Å². The van der Waals surface area contributed by atoms with Gasteiger partial charge in [0.2, 0.25) is 0 Å². The van der Waals surface area contributed by atoms with E-state index in [1.165, 1.54) is 23.5 Å². The predicted molar refractivity (Wildman–Crippen MR) is 90.8 cm³/mol. The van der Waals surface area contributed by atoms with Gasteiger partial charge >= 0.3 is 0 Å². The van der Waals surface area contributed by atoms with Crippen LogP contribution >= 0.6 is 23.4 Å². The minimum absolute atomic E-state index is 0.352. The Kier molecular flexibility index (Phi) is 6.69. The van der Waals surface area contributed by atoms with Crippen molar-refractivity contribution < 1.29 is 0 Å². The highest BCUT2D eigenvalue weighted by Gasteiger charge is 2.21. The molecule has 0 aliphatic carbocycles. The van der Waals surface area contributed by atoms with Gasteiger partial charge in [0.25, 0.3) is 0 Å². The first-order chi connectivity index (χ1) is 9.72. The summed E-state index contributed by atoms with van der Waals surface area (Å²) in [6.07, 6.45) is 2.44. The summed E-state index contributed by atoms with van der Waals surface area (Å²) in [4.78, 5) is 2.52. The molecule has 2 nitrogen and oxygen atoms in total. The molecule has 4 heteroatoms. The van der Waals surface area contributed by atoms with Crippen LogP contribution in [0.2, 0.25) is 5.02 Å². The molecule has 0 amide bonds. The van der Waals surface area contributed by atoms with Gasteiger partial charge in [-0.3, -0.25) is 0 Å². The van der Waals surface area contributed by atoms with Crippen molar-refractivity contribution in [3.05, 3.63) is 34.9 Å². The van der Waals surface area contributed by atoms with E-state index < -0.39 is 0 Å². The monoisotopic (exact) mass is 312 g/mol. The molecule has 0 saturated carbocycles. The van der Waals surface area contributed by atoms with E-state index in [0.29, 0.717) is 6.04 Å². The van der Waals surface area contributed by atoms with E-state index in [0.717, 1.165) is 30.6 Å². The second-order valence-corrected chi connectivity index (χ2v) is 6.98. The van der Waals surface area contributed by atoms with Crippen molar-refractivity contribution in [2.24, 2.45) is 0 Å². The van der Waals surface area contributed by atoms with Crippen LogP contribution in [0.15, 0.2) is 24.3 Å². The summed E-state index contributed by atoms with van der Waals surface area (Å²) in [5.74, 6) is 2.60. The second kappa shape index (κ2) is 8.28. The summed E-state index contributed by atoms with van der Waals surface area (Å²) in [6, 6.07) is 9.30. The summed E-state index contributed by atoms with van der Waals surface area (Å²) in [5, 5.41) is 4.44. The van der Waals surface area contributed by atoms with Crippen LogP contribution in [0, 0.1) is 0 Å². The first kappa shape index (κ1) is 16.2. The van der Waals surface area contributed by atoms with Crippen LogP contribution in [0.1, 0.15) is 31.4 Å². The van der Waals surface area contributed by atoms with Crippen molar-refractivity contribution >= 4 is 23.4 Å². The Balaban J connectivity index is 1.93. The molecule has 1 aromatic rings. The SMILES string of the molecule is CCNC(CCN(C)C1CCSC1)c1ccccc1Cl. The molecule has 0 radical (unpaired) electrons. The zero-order valence-corrected chi connectivity index (χ0v) is 14.0. The van der Waals surface area contributed by atoms with Crippen LogP contribution in [-0.4, -0.2) is 42.6 Å². The number of halogens is 1. The minimum atomic E-state index is 0.352. The molecule has 0 bridgehead atoms. The van der Waals surface area contributed by atoms with Crippen LogP contribution in [0.4, 0.5) is 0 Å². The highest BCUT2D eigenvalue weighted by molar-refractivity contribution is 7.99. The van der Waals surface area contributed by atoms with Crippen LogP contribution in [0.25, 0.3) is 0 Å². The van der Waals surface area contributed by atoms with Gasteiger partial charge in [0, 0.05) is 22.9 Å². The van der Waals surface area contributed by atoms with Crippen LogP contribution in [0.3, 0.4) is 0 Å². The number of hydrogen-bond donors (Lipinski definition) is 1. The van der Waals surface area contributed by atoms with Crippen molar-refractivity contribution in [2.45, 2.75) is 31.8 Å². The van der Waals surface area contributed by atoms with Gasteiger partial charge in [-0.25, -0.2) is 0 Å². The zero-order valence-electron chi connectivity index (χ0n) is 12.4. The highest BCUT2D eigenvalue weighted by Crippen LogP contribution is 2.26. The molecule has 1 N–H and O–H groups in total. The molecule has 1 fully saturated rings. The summed E-state index contributed by atoms with van der Waals surface area (Å²) in [6.45, 7) is 4.24. The molecule has 2 atom stereocenters. The van der Waals surface area contributed by atoms with Crippen molar-refractivity contribution in [1.82, 2.24) is 10.2 Å². The van der Waals surface area contributed by atoms with Crippen molar-refractivity contribution in [3.63, 3.8) is 0 Å². The van der Waals surface area contributed by atoms with E-state index in [1.807, 2.05) is 12.1 Å². The highest BCUT2D eigenvalue weighted by atomic mass is 35.5. The Morgan fingerprint density at radius 1 is 1.45 bits per heavy atom. The fourth-order valence-electron chi connectivity index (χ4n) is 2.76. The van der Waals surface area contributed by atoms with E-state index in [1.54, 1.807) is 0 Å². The first-order valence-corrected chi connectivity index (χ1v) is 9.01. The predicted octanol–water partition coefficient (Wildman–Crippen LogP) is 3.82. The van der Waals surface area contributed by atoms with Gasteiger partial charge in [0.1, 0.15) is 0 Å². The van der Waals surface area contributed by atoms with E-state index in [4.69, 9.17) is 11.6 Å². The molecule has 20 heavy (non-hydrogen) atoms. The standard InChI is InChI=1S/C16H25ClN2S/c1-3-18-16(14-6-4-5-7-15(14)17)8-10-19(2)13-9-11-20-12-13/h4-7,13,16,18H,3,8-12H2,1-2H3. The molecule has 1 heterocycles. The van der Waals surface area contributed by atoms with E-state index in [-0.39, 0.29) is 0 Å². The smallest absolute Gasteiger partial charge is 0.0453 e. The van der Waals surface area contributed by atoms with Crippen LogP contribution in [0.5, 0.6) is 0 Å². The zero-order chi connectivity index (χ0) is 14.4. The van der Waals surface area contributed by atoms with Crippen LogP contribution < -0.4 is 5.32 Å². The summed E-state index contributed by atoms with van der Waals surface area (Å²) in [7, 11) is 2.26. The lowest BCUT2D eigenvalue weighted by Crippen LogP contribution is -2.34. The number of hydrogen-bond acceptors (Lipinski definition) is 3. The first-order valence-electron chi connectivity index (χ1n) is 7.48. The number of rotatable bonds is 7. The molecule has 1 aliphatic heterocycles. The number of nitrogens with zero attached hydrogens (tertiary/aromatic N) is 1. The largest absolute Gasteiger partial charge is 0.310 e. The Hall–Kier alpha value is -0.220. The Morgan fingerprint density at radius 2 is 2.25 bits per heavy atom. The molecular formula is C16H25ClN2S. The van der Waals surface area contributed by atoms with Crippen molar-refractivity contribution in [2.75, 3.05) is 31.6 Å². The Bertz CT molecular complexity index is 407. The summed E-state index contributed by atoms with van der Waals surface area (Å²) in [5.41, 5.74) is 1.23. The van der Waals surface area contributed by atoms with Crippen molar-refractivity contribution in [3.8, 4) is 0 Å². The summed E-state index contributed by atoms with van der Waals surface area (Å²) < 4.78 is 0. The molecule has 1 aliphatic rings. The summed E-state index contributed by atoms with van der Waals surface area (Å²) >= 11 is 8.42. The molecule has 0 spiro atoms. The molecule has 0 aromatic heterocycles. The van der Waals surface area contributed by atoms with Crippen LogP contribution in [-0.2, 0) is 0 Å². The fraction of sp³-hybridized carbons (Fsp3) is 0.625. The molecule has 1 saturated heterocycles. The minimum Gasteiger partial charge on any atom is -0.310 e. The third-order valence-corrected chi connectivity index (χ3v) is 5.52. The molecule has 1 aromatic carbocycles. The van der Waals surface area contributed by atoms with Gasteiger partial charge in [-0.15, -0.1) is 0 Å². The lowest BCUT2D eigenvalue weighted by atomic mass is 10.0. The van der Waals surface area contributed by atoms with E-state index in [2.05, 4.69) is 48.1 Å². The average Bonchev–Trinajstić information content (AvgIpc) is 2.98. The third-order valence-electron chi connectivity index (χ3n) is 4.03. The van der Waals surface area contributed by atoms with E-state index in [9.17, 15) is 0 Å². The Labute approximate surface area is 132 Å². The second-order valence-electron chi connectivity index (χ2n) is 5.42. The molecule has 2 rings (SSSR count). The van der Waals surface area contributed by atoms with Gasteiger partial charge in [-0.1, -0.05) is 36.7 Å². The maximum Gasteiger partial charge on any atom is 0.0453 e. The lowest BCUT2D eigenvalue weighted by molar-refractivity contribution is 0.247. The molecule has 112 valence electrons. The molecule has 2 unspecified atom stereocenters. The maximum atomic E-state index is 6.34. The average molecular weight is 313 g/mol. The third kappa shape index (κ3) is 4.39. The van der Waals surface area contributed by atoms with Gasteiger partial charge in [-0.2, -0.15) is 11.8 Å². The number of nitrogens with one attached hydrogen (secondary N) is 1. The topological polar surface area (TPSA) is 15.3 Å².